The van der Waals surface area contributed by atoms with Crippen LogP contribution < -0.4 is 5.32 Å². The lowest BCUT2D eigenvalue weighted by molar-refractivity contribution is -0.384. The second-order valence-electron chi connectivity index (χ2n) is 5.78. The summed E-state index contributed by atoms with van der Waals surface area (Å²) in [4.78, 5) is 13.0. The molecule has 0 radical (unpaired) electrons. The van der Waals surface area contributed by atoms with Gasteiger partial charge in [0.1, 0.15) is 5.69 Å². The number of nitrogens with one attached hydrogen (secondary N) is 1. The van der Waals surface area contributed by atoms with Crippen molar-refractivity contribution >= 4 is 11.4 Å². The van der Waals surface area contributed by atoms with Gasteiger partial charge in [0.15, 0.2) is 0 Å². The van der Waals surface area contributed by atoms with Gasteiger partial charge in [0.2, 0.25) is 0 Å². The van der Waals surface area contributed by atoms with Gasteiger partial charge in [-0.3, -0.25) is 10.1 Å². The summed E-state index contributed by atoms with van der Waals surface area (Å²) in [6.07, 6.45) is 1.92. The van der Waals surface area contributed by atoms with Crippen LogP contribution in [0.15, 0.2) is 24.3 Å². The second-order valence-corrected chi connectivity index (χ2v) is 5.78. The third-order valence-electron chi connectivity index (χ3n) is 3.93. The predicted octanol–water partition coefficient (Wildman–Crippen LogP) is 2.10. The molecule has 6 heteroatoms. The fourth-order valence-electron chi connectivity index (χ4n) is 2.73. The monoisotopic (exact) mass is 293 g/mol. The summed E-state index contributed by atoms with van der Waals surface area (Å²) in [5.74, 6) is 0.296. The Morgan fingerprint density at radius 2 is 2.10 bits per heavy atom. The van der Waals surface area contributed by atoms with E-state index in [2.05, 4.69) is 10.2 Å². The molecule has 0 bridgehead atoms. The van der Waals surface area contributed by atoms with Crippen LogP contribution in [0, 0.1) is 16.0 Å². The van der Waals surface area contributed by atoms with Gasteiger partial charge in [0.25, 0.3) is 5.69 Å². The van der Waals surface area contributed by atoms with Crippen LogP contribution in [-0.4, -0.2) is 47.2 Å². The van der Waals surface area contributed by atoms with Gasteiger partial charge in [-0.05, 0) is 24.8 Å². The molecule has 0 amide bonds. The third kappa shape index (κ3) is 4.41. The van der Waals surface area contributed by atoms with Crippen molar-refractivity contribution in [1.29, 1.82) is 0 Å². The fourth-order valence-corrected chi connectivity index (χ4v) is 2.73. The molecule has 1 aliphatic heterocycles. The Morgan fingerprint density at radius 1 is 1.43 bits per heavy atom. The Labute approximate surface area is 124 Å². The normalized spacial score (nSPS) is 18.4. The minimum absolute atomic E-state index is 0.133. The molecule has 6 nitrogen and oxygen atoms in total. The first-order chi connectivity index (χ1) is 10.1. The number of benzene rings is 1. The number of piperidine rings is 1. The number of anilines is 1. The number of aliphatic hydroxyl groups excluding tert-OH is 1. The van der Waals surface area contributed by atoms with E-state index in [9.17, 15) is 10.1 Å². The summed E-state index contributed by atoms with van der Waals surface area (Å²) in [6.45, 7) is 5.09. The van der Waals surface area contributed by atoms with Crippen LogP contribution >= 0.6 is 0 Å². The zero-order valence-electron chi connectivity index (χ0n) is 12.4. The lowest BCUT2D eigenvalue weighted by Gasteiger charge is -2.33. The van der Waals surface area contributed by atoms with E-state index in [0.717, 1.165) is 32.5 Å². The first-order valence-corrected chi connectivity index (χ1v) is 7.43. The molecule has 1 atom stereocenters. The number of nitro groups is 1. The molecule has 21 heavy (non-hydrogen) atoms. The van der Waals surface area contributed by atoms with E-state index in [-0.39, 0.29) is 23.3 Å². The summed E-state index contributed by atoms with van der Waals surface area (Å²) in [5, 5.41) is 23.4. The van der Waals surface area contributed by atoms with Crippen molar-refractivity contribution in [2.24, 2.45) is 5.92 Å². The zero-order chi connectivity index (χ0) is 15.2. The van der Waals surface area contributed by atoms with Crippen molar-refractivity contribution in [1.82, 2.24) is 4.90 Å². The number of nitro benzene ring substituents is 1. The number of para-hydroxylation sites is 2. The highest BCUT2D eigenvalue weighted by Gasteiger charge is 2.22. The van der Waals surface area contributed by atoms with Crippen LogP contribution in [0.1, 0.15) is 19.8 Å². The van der Waals surface area contributed by atoms with E-state index in [1.807, 2.05) is 13.0 Å². The lowest BCUT2D eigenvalue weighted by atomic mass is 10.0. The van der Waals surface area contributed by atoms with Crippen LogP contribution in [-0.2, 0) is 0 Å². The SMILES string of the molecule is CC(CO)CN1CCC(Nc2ccccc2[N+](=O)[O-])CC1. The zero-order valence-corrected chi connectivity index (χ0v) is 12.4. The molecule has 2 N–H and O–H groups in total. The number of aliphatic hydroxyl groups is 1. The average molecular weight is 293 g/mol. The van der Waals surface area contributed by atoms with Gasteiger partial charge in [-0.1, -0.05) is 19.1 Å². The maximum absolute atomic E-state index is 11.0. The Kier molecular flexibility index (Phi) is 5.52. The van der Waals surface area contributed by atoms with Crippen molar-refractivity contribution in [3.8, 4) is 0 Å². The minimum Gasteiger partial charge on any atom is -0.396 e. The molecule has 1 aliphatic rings. The standard InChI is InChI=1S/C15H23N3O3/c1-12(11-19)10-17-8-6-13(7-9-17)16-14-4-2-3-5-15(14)18(20)21/h2-5,12-13,16,19H,6-11H2,1H3. The summed E-state index contributed by atoms with van der Waals surface area (Å²) < 4.78 is 0. The van der Waals surface area contributed by atoms with Crippen molar-refractivity contribution in [2.45, 2.75) is 25.8 Å². The maximum Gasteiger partial charge on any atom is 0.292 e. The van der Waals surface area contributed by atoms with Gasteiger partial charge < -0.3 is 15.3 Å². The molecule has 2 rings (SSSR count). The van der Waals surface area contributed by atoms with Crippen LogP contribution in [0.3, 0.4) is 0 Å². The molecular weight excluding hydrogens is 270 g/mol. The Morgan fingerprint density at radius 3 is 2.71 bits per heavy atom. The smallest absolute Gasteiger partial charge is 0.292 e. The van der Waals surface area contributed by atoms with Crippen molar-refractivity contribution in [2.75, 3.05) is 31.6 Å². The second kappa shape index (κ2) is 7.38. The molecule has 1 fully saturated rings. The Bertz CT molecular complexity index is 473. The van der Waals surface area contributed by atoms with Crippen LogP contribution in [0.25, 0.3) is 0 Å². The van der Waals surface area contributed by atoms with Gasteiger partial charge in [0, 0.05) is 38.3 Å². The number of hydrogen-bond acceptors (Lipinski definition) is 5. The Hall–Kier alpha value is -1.66. The molecule has 0 aromatic heterocycles. The van der Waals surface area contributed by atoms with Gasteiger partial charge >= 0.3 is 0 Å². The van der Waals surface area contributed by atoms with Gasteiger partial charge in [-0.15, -0.1) is 0 Å². The molecule has 1 saturated heterocycles. The summed E-state index contributed by atoms with van der Waals surface area (Å²) in [5.41, 5.74) is 0.735. The van der Waals surface area contributed by atoms with E-state index in [4.69, 9.17) is 5.11 Å². The number of nitrogens with zero attached hydrogens (tertiary/aromatic N) is 2. The van der Waals surface area contributed by atoms with Crippen LogP contribution in [0.5, 0.6) is 0 Å². The predicted molar refractivity (Wildman–Crippen MR) is 82.4 cm³/mol. The topological polar surface area (TPSA) is 78.6 Å². The molecule has 1 aromatic rings. The summed E-state index contributed by atoms with van der Waals surface area (Å²) in [6, 6.07) is 7.06. The van der Waals surface area contributed by atoms with Gasteiger partial charge in [-0.25, -0.2) is 0 Å². The highest BCUT2D eigenvalue weighted by atomic mass is 16.6. The quantitative estimate of drug-likeness (QED) is 0.620. The van der Waals surface area contributed by atoms with Gasteiger partial charge in [-0.2, -0.15) is 0 Å². The van der Waals surface area contributed by atoms with E-state index in [0.29, 0.717) is 11.6 Å². The van der Waals surface area contributed by atoms with E-state index < -0.39 is 0 Å². The van der Waals surface area contributed by atoms with Crippen molar-refractivity contribution in [3.63, 3.8) is 0 Å². The van der Waals surface area contributed by atoms with E-state index in [1.54, 1.807) is 12.1 Å². The molecule has 0 aliphatic carbocycles. The average Bonchev–Trinajstić information content (AvgIpc) is 2.49. The highest BCUT2D eigenvalue weighted by Crippen LogP contribution is 2.26. The summed E-state index contributed by atoms with van der Waals surface area (Å²) in [7, 11) is 0. The van der Waals surface area contributed by atoms with E-state index >= 15 is 0 Å². The molecule has 0 saturated carbocycles. The van der Waals surface area contributed by atoms with Crippen LogP contribution in [0.4, 0.5) is 11.4 Å². The first kappa shape index (κ1) is 15.7. The third-order valence-corrected chi connectivity index (χ3v) is 3.93. The van der Waals surface area contributed by atoms with Crippen molar-refractivity contribution < 1.29 is 10.0 Å². The van der Waals surface area contributed by atoms with Gasteiger partial charge in [0.05, 0.1) is 4.92 Å². The minimum atomic E-state index is -0.347. The number of likely N-dealkylation sites (tertiary alicyclic amines) is 1. The first-order valence-electron chi connectivity index (χ1n) is 7.43. The molecule has 1 unspecified atom stereocenters. The largest absolute Gasteiger partial charge is 0.396 e. The highest BCUT2D eigenvalue weighted by molar-refractivity contribution is 5.61. The maximum atomic E-state index is 11.0. The van der Waals surface area contributed by atoms with Crippen molar-refractivity contribution in [3.05, 3.63) is 34.4 Å². The lowest BCUT2D eigenvalue weighted by Crippen LogP contribution is -2.41. The summed E-state index contributed by atoms with van der Waals surface area (Å²) >= 11 is 0. The molecule has 116 valence electrons. The number of rotatable bonds is 6. The number of hydrogen-bond donors (Lipinski definition) is 2. The molecule has 0 spiro atoms. The fraction of sp³-hybridized carbons (Fsp3) is 0.600. The molecule has 1 heterocycles. The van der Waals surface area contributed by atoms with Crippen LogP contribution in [0.2, 0.25) is 0 Å². The molecular formula is C15H23N3O3. The van der Waals surface area contributed by atoms with E-state index in [1.165, 1.54) is 6.07 Å². The Balaban J connectivity index is 1.88. The molecule has 1 aromatic carbocycles.